The fourth-order valence-corrected chi connectivity index (χ4v) is 2.55. The van der Waals surface area contributed by atoms with Gasteiger partial charge >= 0.3 is 0 Å². The molecule has 1 aliphatic rings. The van der Waals surface area contributed by atoms with Crippen LogP contribution in [0.2, 0.25) is 0 Å². The number of fused-ring (bicyclic) bond motifs is 3. The Labute approximate surface area is 103 Å². The minimum absolute atomic E-state index is 0. The van der Waals surface area contributed by atoms with Gasteiger partial charge in [0.15, 0.2) is 0 Å². The summed E-state index contributed by atoms with van der Waals surface area (Å²) in [5.41, 5.74) is 7.41. The molecule has 2 aromatic carbocycles. The highest BCUT2D eigenvalue weighted by Gasteiger charge is 2.19. The highest BCUT2D eigenvalue weighted by Crippen LogP contribution is 2.37. The maximum absolute atomic E-state index is 2.25. The molecule has 2 aromatic rings. The summed E-state index contributed by atoms with van der Waals surface area (Å²) in [7, 11) is 0. The van der Waals surface area contributed by atoms with E-state index in [-0.39, 0.29) is 12.4 Å². The largest absolute Gasteiger partial charge is 0.147 e. The molecule has 3 rings (SSSR count). The second-order valence-electron chi connectivity index (χ2n) is 4.13. The van der Waals surface area contributed by atoms with E-state index in [2.05, 4.69) is 49.4 Å². The third-order valence-electron chi connectivity index (χ3n) is 3.33. The molecule has 0 aliphatic heterocycles. The smallest absolute Gasteiger partial charge is 0.00107 e. The Morgan fingerprint density at radius 3 is 2.50 bits per heavy atom. The Balaban J connectivity index is 0.000000963. The molecule has 0 bridgehead atoms. The van der Waals surface area contributed by atoms with Crippen LogP contribution in [0.15, 0.2) is 42.5 Å². The molecule has 0 amide bonds. The van der Waals surface area contributed by atoms with Crippen LogP contribution < -0.4 is 0 Å². The number of benzene rings is 2. The van der Waals surface area contributed by atoms with Crippen LogP contribution >= 0.6 is 12.4 Å². The van der Waals surface area contributed by atoms with Crippen molar-refractivity contribution in [3.63, 3.8) is 0 Å². The second-order valence-corrected chi connectivity index (χ2v) is 4.13. The molecule has 1 heteroatoms. The summed E-state index contributed by atoms with van der Waals surface area (Å²) in [6.45, 7) is 2.23. The summed E-state index contributed by atoms with van der Waals surface area (Å²) in [6.07, 6.45) is 2.26. The van der Waals surface area contributed by atoms with Crippen LogP contribution in [0.25, 0.3) is 11.1 Å². The van der Waals surface area contributed by atoms with Gasteiger partial charge in [-0.15, -0.1) is 12.4 Å². The van der Waals surface area contributed by atoms with Crippen molar-refractivity contribution in [3.8, 4) is 11.1 Å². The standard InChI is InChI=1S/C15H14.ClH/c1-2-11-7-5-9-14-13-8-4-3-6-12(13)10-15(11)14;/h3-9H,2,10H2,1H3;1H. The van der Waals surface area contributed by atoms with E-state index < -0.39 is 0 Å². The number of rotatable bonds is 1. The van der Waals surface area contributed by atoms with E-state index in [1.54, 1.807) is 5.56 Å². The molecule has 1 aliphatic carbocycles. The van der Waals surface area contributed by atoms with Gasteiger partial charge in [-0.05, 0) is 40.7 Å². The molecule has 0 atom stereocenters. The lowest BCUT2D eigenvalue weighted by Crippen LogP contribution is -1.89. The summed E-state index contributed by atoms with van der Waals surface area (Å²) >= 11 is 0. The topological polar surface area (TPSA) is 0 Å². The maximum atomic E-state index is 2.25. The van der Waals surface area contributed by atoms with E-state index >= 15 is 0 Å². The lowest BCUT2D eigenvalue weighted by Gasteiger charge is -2.05. The monoisotopic (exact) mass is 230 g/mol. The van der Waals surface area contributed by atoms with Gasteiger partial charge in [-0.2, -0.15) is 0 Å². The third-order valence-corrected chi connectivity index (χ3v) is 3.33. The van der Waals surface area contributed by atoms with E-state index in [1.807, 2.05) is 0 Å². The van der Waals surface area contributed by atoms with Gasteiger partial charge in [0.2, 0.25) is 0 Å². The van der Waals surface area contributed by atoms with Gasteiger partial charge in [-0.3, -0.25) is 0 Å². The van der Waals surface area contributed by atoms with E-state index in [0.717, 1.165) is 12.8 Å². The van der Waals surface area contributed by atoms with Crippen molar-refractivity contribution < 1.29 is 0 Å². The summed E-state index contributed by atoms with van der Waals surface area (Å²) in [5.74, 6) is 0. The maximum Gasteiger partial charge on any atom is -0.00107 e. The van der Waals surface area contributed by atoms with E-state index in [4.69, 9.17) is 0 Å². The predicted octanol–water partition coefficient (Wildman–Crippen LogP) is 4.24. The lowest BCUT2D eigenvalue weighted by atomic mass is 10.00. The number of aryl methyl sites for hydroxylation is 1. The van der Waals surface area contributed by atoms with Crippen LogP contribution in [0.3, 0.4) is 0 Å². The molecule has 0 saturated carbocycles. The van der Waals surface area contributed by atoms with Crippen molar-refractivity contribution in [2.75, 3.05) is 0 Å². The second kappa shape index (κ2) is 4.31. The Morgan fingerprint density at radius 2 is 1.69 bits per heavy atom. The first kappa shape index (κ1) is 11.2. The van der Waals surface area contributed by atoms with Crippen molar-refractivity contribution in [2.24, 2.45) is 0 Å². The fraction of sp³-hybridized carbons (Fsp3) is 0.200. The highest BCUT2D eigenvalue weighted by atomic mass is 35.5. The molecule has 0 nitrogen and oxygen atoms in total. The number of hydrogen-bond acceptors (Lipinski definition) is 0. The quantitative estimate of drug-likeness (QED) is 0.587. The lowest BCUT2D eigenvalue weighted by molar-refractivity contribution is 1.08. The van der Waals surface area contributed by atoms with Crippen molar-refractivity contribution >= 4 is 12.4 Å². The zero-order valence-electron chi connectivity index (χ0n) is 9.36. The van der Waals surface area contributed by atoms with Crippen molar-refractivity contribution in [2.45, 2.75) is 19.8 Å². The first-order valence-electron chi connectivity index (χ1n) is 5.59. The summed E-state index contributed by atoms with van der Waals surface area (Å²) < 4.78 is 0. The molecule has 82 valence electrons. The molecule has 0 spiro atoms. The van der Waals surface area contributed by atoms with Crippen molar-refractivity contribution in [3.05, 3.63) is 59.2 Å². The Kier molecular flexibility index (Phi) is 3.02. The molecule has 16 heavy (non-hydrogen) atoms. The Morgan fingerprint density at radius 1 is 0.938 bits per heavy atom. The van der Waals surface area contributed by atoms with Gasteiger partial charge in [0.25, 0.3) is 0 Å². The first-order chi connectivity index (χ1) is 7.40. The van der Waals surface area contributed by atoms with Crippen LogP contribution in [0.4, 0.5) is 0 Å². The van der Waals surface area contributed by atoms with Gasteiger partial charge in [0.05, 0.1) is 0 Å². The fourth-order valence-electron chi connectivity index (χ4n) is 2.55. The molecule has 0 radical (unpaired) electrons. The molecule has 0 fully saturated rings. The van der Waals surface area contributed by atoms with Gasteiger partial charge < -0.3 is 0 Å². The van der Waals surface area contributed by atoms with Crippen LogP contribution in [0.5, 0.6) is 0 Å². The molecule has 0 heterocycles. The van der Waals surface area contributed by atoms with E-state index in [0.29, 0.717) is 0 Å². The minimum atomic E-state index is 0. The predicted molar refractivity (Wildman–Crippen MR) is 71.3 cm³/mol. The Hall–Kier alpha value is -1.27. The minimum Gasteiger partial charge on any atom is -0.147 e. The normalized spacial score (nSPS) is 11.6. The molecule has 0 N–H and O–H groups in total. The molecular weight excluding hydrogens is 216 g/mol. The van der Waals surface area contributed by atoms with Gasteiger partial charge in [-0.25, -0.2) is 0 Å². The van der Waals surface area contributed by atoms with Gasteiger partial charge in [-0.1, -0.05) is 49.4 Å². The molecular formula is C15H15Cl. The molecule has 0 saturated heterocycles. The summed E-state index contributed by atoms with van der Waals surface area (Å²) in [4.78, 5) is 0. The third kappa shape index (κ3) is 1.54. The molecule has 0 aromatic heterocycles. The van der Waals surface area contributed by atoms with Gasteiger partial charge in [0, 0.05) is 0 Å². The van der Waals surface area contributed by atoms with Crippen LogP contribution in [0.1, 0.15) is 23.6 Å². The van der Waals surface area contributed by atoms with Gasteiger partial charge in [0.1, 0.15) is 0 Å². The van der Waals surface area contributed by atoms with Crippen molar-refractivity contribution in [1.29, 1.82) is 0 Å². The highest BCUT2D eigenvalue weighted by molar-refractivity contribution is 5.85. The number of hydrogen-bond donors (Lipinski definition) is 0. The summed E-state index contributed by atoms with van der Waals surface area (Å²) in [6, 6.07) is 15.4. The van der Waals surface area contributed by atoms with Crippen LogP contribution in [-0.4, -0.2) is 0 Å². The van der Waals surface area contributed by atoms with Crippen LogP contribution in [0, 0.1) is 0 Å². The van der Waals surface area contributed by atoms with E-state index in [1.165, 1.54) is 22.3 Å². The average Bonchev–Trinajstić information content (AvgIpc) is 2.67. The molecule has 0 unspecified atom stereocenters. The summed E-state index contributed by atoms with van der Waals surface area (Å²) in [5, 5.41) is 0. The Bertz CT molecular complexity index is 515. The average molecular weight is 231 g/mol. The zero-order valence-corrected chi connectivity index (χ0v) is 10.2. The van der Waals surface area contributed by atoms with Crippen LogP contribution in [-0.2, 0) is 12.8 Å². The number of halogens is 1. The SMILES string of the molecule is CCc1cccc2c1Cc1ccccc1-2.Cl. The van der Waals surface area contributed by atoms with E-state index in [9.17, 15) is 0 Å². The first-order valence-corrected chi connectivity index (χ1v) is 5.59. The zero-order chi connectivity index (χ0) is 10.3. The van der Waals surface area contributed by atoms with Crippen molar-refractivity contribution in [1.82, 2.24) is 0 Å².